The molecule has 0 saturated heterocycles. The first-order valence-corrected chi connectivity index (χ1v) is 5.72. The number of carbonyl (C=O) groups excluding carboxylic acids is 2. The Morgan fingerprint density at radius 1 is 0.833 bits per heavy atom. The molecule has 0 atom stereocenters. The first-order valence-electron chi connectivity index (χ1n) is 5.72. The van der Waals surface area contributed by atoms with Crippen molar-refractivity contribution in [3.8, 4) is 0 Å². The molecule has 3 nitrogen and oxygen atoms in total. The number of rotatable bonds is 1. The molecule has 0 fully saturated rings. The molecule has 0 unspecified atom stereocenters. The normalized spacial score (nSPS) is 13.9. The minimum Gasteiger partial charge on any atom is -0.268 e. The number of amides is 2. The van der Waals surface area contributed by atoms with Crippen LogP contribution in [-0.4, -0.2) is 11.8 Å². The zero-order valence-corrected chi connectivity index (χ0v) is 9.88. The average Bonchev–Trinajstić information content (AvgIpc) is 2.40. The van der Waals surface area contributed by atoms with Crippen LogP contribution in [0, 0.1) is 6.92 Å². The summed E-state index contributed by atoms with van der Waals surface area (Å²) < 4.78 is 0. The van der Waals surface area contributed by atoms with Crippen molar-refractivity contribution in [1.82, 2.24) is 0 Å². The number of nitrogens with zero attached hydrogens (tertiary/aromatic N) is 1. The molecule has 18 heavy (non-hydrogen) atoms. The van der Waals surface area contributed by atoms with Crippen LogP contribution in [0.3, 0.4) is 0 Å². The zero-order chi connectivity index (χ0) is 12.7. The Labute approximate surface area is 105 Å². The molecule has 0 spiro atoms. The van der Waals surface area contributed by atoms with Crippen molar-refractivity contribution in [3.63, 3.8) is 0 Å². The monoisotopic (exact) mass is 237 g/mol. The second-order valence-electron chi connectivity index (χ2n) is 4.36. The number of aryl methyl sites for hydroxylation is 1. The zero-order valence-electron chi connectivity index (χ0n) is 9.88. The maximum absolute atomic E-state index is 12.2. The number of carbonyl (C=O) groups is 2. The van der Waals surface area contributed by atoms with Crippen molar-refractivity contribution in [2.45, 2.75) is 6.92 Å². The summed E-state index contributed by atoms with van der Waals surface area (Å²) in [6.45, 7) is 1.96. The number of hydrogen-bond donors (Lipinski definition) is 0. The van der Waals surface area contributed by atoms with Gasteiger partial charge in [-0.2, -0.15) is 0 Å². The number of anilines is 1. The van der Waals surface area contributed by atoms with E-state index >= 15 is 0 Å². The lowest BCUT2D eigenvalue weighted by atomic mass is 10.0. The SMILES string of the molecule is Cc1ccc(N2C(=O)c3cccc(c3)C2=O)cc1. The van der Waals surface area contributed by atoms with Crippen LogP contribution in [0.2, 0.25) is 0 Å². The Balaban J connectivity index is 2.11. The van der Waals surface area contributed by atoms with Gasteiger partial charge in [0, 0.05) is 11.1 Å². The maximum Gasteiger partial charge on any atom is 0.265 e. The molecule has 88 valence electrons. The van der Waals surface area contributed by atoms with Crippen molar-refractivity contribution >= 4 is 17.5 Å². The van der Waals surface area contributed by atoms with Gasteiger partial charge in [-0.05, 0) is 37.3 Å². The van der Waals surface area contributed by atoms with Crippen molar-refractivity contribution < 1.29 is 9.59 Å². The molecular formula is C15H11NO2. The second kappa shape index (κ2) is 3.81. The van der Waals surface area contributed by atoms with Gasteiger partial charge in [0.15, 0.2) is 0 Å². The van der Waals surface area contributed by atoms with Gasteiger partial charge >= 0.3 is 0 Å². The Bertz CT molecular complexity index is 613. The highest BCUT2D eigenvalue weighted by Crippen LogP contribution is 2.25. The minimum atomic E-state index is -0.267. The number of imide groups is 1. The third kappa shape index (κ3) is 1.52. The van der Waals surface area contributed by atoms with Crippen LogP contribution in [0.1, 0.15) is 26.3 Å². The Kier molecular flexibility index (Phi) is 2.27. The van der Waals surface area contributed by atoms with Crippen LogP contribution in [0.5, 0.6) is 0 Å². The Hall–Kier alpha value is -2.42. The van der Waals surface area contributed by atoms with E-state index in [9.17, 15) is 9.59 Å². The number of fused-ring (bicyclic) bond motifs is 2. The summed E-state index contributed by atoms with van der Waals surface area (Å²) in [5.74, 6) is -0.533. The fourth-order valence-electron chi connectivity index (χ4n) is 2.06. The summed E-state index contributed by atoms with van der Waals surface area (Å²) in [6.07, 6.45) is 0. The molecule has 0 aliphatic carbocycles. The average molecular weight is 237 g/mol. The smallest absolute Gasteiger partial charge is 0.265 e. The van der Waals surface area contributed by atoms with Crippen LogP contribution < -0.4 is 4.90 Å². The standard InChI is InChI=1S/C15H11NO2/c1-10-5-7-13(8-6-10)16-14(17)11-3-2-4-12(9-11)15(16)18/h2-9H,1H3. The molecule has 2 aromatic carbocycles. The molecule has 3 rings (SSSR count). The van der Waals surface area contributed by atoms with Crippen molar-refractivity contribution in [1.29, 1.82) is 0 Å². The summed E-state index contributed by atoms with van der Waals surface area (Å²) in [5, 5.41) is 0. The number of benzene rings is 2. The van der Waals surface area contributed by atoms with Gasteiger partial charge in [0.1, 0.15) is 0 Å². The van der Waals surface area contributed by atoms with Crippen molar-refractivity contribution in [2.24, 2.45) is 0 Å². The van der Waals surface area contributed by atoms with Gasteiger partial charge in [-0.25, -0.2) is 4.90 Å². The molecule has 3 heteroatoms. The summed E-state index contributed by atoms with van der Waals surface area (Å²) in [6, 6.07) is 14.2. The third-order valence-corrected chi connectivity index (χ3v) is 3.05. The molecule has 2 aromatic rings. The quantitative estimate of drug-likeness (QED) is 0.715. The first kappa shape index (κ1) is 10.7. The summed E-state index contributed by atoms with van der Waals surface area (Å²) >= 11 is 0. The Morgan fingerprint density at radius 3 is 1.94 bits per heavy atom. The van der Waals surface area contributed by atoms with E-state index < -0.39 is 0 Å². The van der Waals surface area contributed by atoms with E-state index in [1.807, 2.05) is 19.1 Å². The molecule has 1 aliphatic heterocycles. The van der Waals surface area contributed by atoms with Crippen molar-refractivity contribution in [3.05, 3.63) is 65.2 Å². The van der Waals surface area contributed by atoms with Crippen LogP contribution in [0.4, 0.5) is 5.69 Å². The maximum atomic E-state index is 12.2. The van der Waals surface area contributed by atoms with E-state index in [-0.39, 0.29) is 11.8 Å². The largest absolute Gasteiger partial charge is 0.268 e. The highest BCUT2D eigenvalue weighted by molar-refractivity contribution is 6.28. The molecule has 0 radical (unpaired) electrons. The highest BCUT2D eigenvalue weighted by atomic mass is 16.2. The molecule has 0 saturated carbocycles. The topological polar surface area (TPSA) is 37.4 Å². The van der Waals surface area contributed by atoms with Gasteiger partial charge in [0.2, 0.25) is 0 Å². The minimum absolute atomic E-state index is 0.267. The molecule has 2 amide bonds. The molecule has 1 aliphatic rings. The fraction of sp³-hybridized carbons (Fsp3) is 0.0667. The van der Waals surface area contributed by atoms with Crippen molar-refractivity contribution in [2.75, 3.05) is 4.90 Å². The molecule has 0 aromatic heterocycles. The predicted octanol–water partition coefficient (Wildman–Crippen LogP) is 2.80. The first-order chi connectivity index (χ1) is 8.66. The second-order valence-corrected chi connectivity index (χ2v) is 4.36. The van der Waals surface area contributed by atoms with E-state index in [4.69, 9.17) is 0 Å². The predicted molar refractivity (Wildman–Crippen MR) is 68.8 cm³/mol. The molecule has 1 heterocycles. The number of hydrogen-bond acceptors (Lipinski definition) is 2. The van der Waals surface area contributed by atoms with Gasteiger partial charge in [0.25, 0.3) is 11.8 Å². The lowest BCUT2D eigenvalue weighted by molar-refractivity contribution is 0.0889. The van der Waals surface area contributed by atoms with Gasteiger partial charge in [-0.1, -0.05) is 23.8 Å². The van der Waals surface area contributed by atoms with Crippen LogP contribution >= 0.6 is 0 Å². The van der Waals surface area contributed by atoms with E-state index in [1.54, 1.807) is 36.4 Å². The summed E-state index contributed by atoms with van der Waals surface area (Å²) in [4.78, 5) is 25.6. The fourth-order valence-corrected chi connectivity index (χ4v) is 2.06. The van der Waals surface area contributed by atoms with Gasteiger partial charge in [-0.3, -0.25) is 9.59 Å². The van der Waals surface area contributed by atoms with E-state index in [1.165, 1.54) is 4.90 Å². The van der Waals surface area contributed by atoms with Crippen LogP contribution in [0.25, 0.3) is 0 Å². The lowest BCUT2D eigenvalue weighted by Crippen LogP contribution is -2.40. The highest BCUT2D eigenvalue weighted by Gasteiger charge is 2.30. The van der Waals surface area contributed by atoms with E-state index in [0.717, 1.165) is 5.56 Å². The summed E-state index contributed by atoms with van der Waals surface area (Å²) in [5.41, 5.74) is 2.80. The van der Waals surface area contributed by atoms with Gasteiger partial charge in [-0.15, -0.1) is 0 Å². The van der Waals surface area contributed by atoms with Crippen LogP contribution in [-0.2, 0) is 0 Å². The van der Waals surface area contributed by atoms with E-state index in [2.05, 4.69) is 0 Å². The van der Waals surface area contributed by atoms with Gasteiger partial charge < -0.3 is 0 Å². The van der Waals surface area contributed by atoms with Crippen LogP contribution in [0.15, 0.2) is 48.5 Å². The van der Waals surface area contributed by atoms with Gasteiger partial charge in [0.05, 0.1) is 5.69 Å². The lowest BCUT2D eigenvalue weighted by Gasteiger charge is -2.25. The molecule has 2 bridgehead atoms. The Morgan fingerprint density at radius 2 is 1.39 bits per heavy atom. The summed E-state index contributed by atoms with van der Waals surface area (Å²) in [7, 11) is 0. The third-order valence-electron chi connectivity index (χ3n) is 3.05. The molecular weight excluding hydrogens is 226 g/mol. The molecule has 0 N–H and O–H groups in total. The van der Waals surface area contributed by atoms with E-state index in [0.29, 0.717) is 16.8 Å².